The molecule has 1 aromatic carbocycles. The van der Waals surface area contributed by atoms with Gasteiger partial charge in [-0.05, 0) is 11.6 Å². The SMILES string of the molecule is FC(F)c1cccc(CNCCc2nccs2)c1. The van der Waals surface area contributed by atoms with Crippen molar-refractivity contribution in [2.45, 2.75) is 19.4 Å². The summed E-state index contributed by atoms with van der Waals surface area (Å²) in [6.45, 7) is 1.40. The first-order valence-corrected chi connectivity index (χ1v) is 6.60. The van der Waals surface area contributed by atoms with E-state index >= 15 is 0 Å². The smallest absolute Gasteiger partial charge is 0.263 e. The second kappa shape index (κ2) is 6.56. The molecule has 0 aliphatic heterocycles. The van der Waals surface area contributed by atoms with Crippen molar-refractivity contribution in [1.29, 1.82) is 0 Å². The van der Waals surface area contributed by atoms with Crippen LogP contribution in [0, 0.1) is 0 Å². The van der Waals surface area contributed by atoms with Crippen molar-refractivity contribution in [3.8, 4) is 0 Å². The Labute approximate surface area is 109 Å². The molecule has 0 radical (unpaired) electrons. The highest BCUT2D eigenvalue weighted by atomic mass is 32.1. The minimum atomic E-state index is -2.40. The Kier molecular flexibility index (Phi) is 4.78. The molecule has 0 atom stereocenters. The number of alkyl halides is 2. The number of rotatable bonds is 6. The molecule has 1 N–H and O–H groups in total. The highest BCUT2D eigenvalue weighted by molar-refractivity contribution is 7.09. The van der Waals surface area contributed by atoms with Gasteiger partial charge >= 0.3 is 0 Å². The van der Waals surface area contributed by atoms with E-state index in [0.29, 0.717) is 6.54 Å². The molecule has 2 nitrogen and oxygen atoms in total. The van der Waals surface area contributed by atoms with E-state index in [4.69, 9.17) is 0 Å². The molecular weight excluding hydrogens is 254 g/mol. The van der Waals surface area contributed by atoms with Gasteiger partial charge in [-0.1, -0.05) is 18.2 Å². The Balaban J connectivity index is 1.78. The first-order valence-electron chi connectivity index (χ1n) is 5.72. The third-order valence-electron chi connectivity index (χ3n) is 2.53. The van der Waals surface area contributed by atoms with Crippen molar-refractivity contribution >= 4 is 11.3 Å². The molecule has 0 aliphatic carbocycles. The van der Waals surface area contributed by atoms with Gasteiger partial charge in [0.05, 0.1) is 5.01 Å². The molecule has 96 valence electrons. The summed E-state index contributed by atoms with van der Waals surface area (Å²) in [5.74, 6) is 0. The van der Waals surface area contributed by atoms with Crippen LogP contribution in [0.1, 0.15) is 22.6 Å². The molecule has 18 heavy (non-hydrogen) atoms. The maximum Gasteiger partial charge on any atom is 0.263 e. The largest absolute Gasteiger partial charge is 0.312 e. The van der Waals surface area contributed by atoms with Gasteiger partial charge in [0.1, 0.15) is 0 Å². The molecule has 1 heterocycles. The van der Waals surface area contributed by atoms with Crippen LogP contribution in [0.25, 0.3) is 0 Å². The summed E-state index contributed by atoms with van der Waals surface area (Å²) in [4.78, 5) is 4.18. The molecule has 5 heteroatoms. The lowest BCUT2D eigenvalue weighted by atomic mass is 10.1. The van der Waals surface area contributed by atoms with Gasteiger partial charge in [-0.2, -0.15) is 0 Å². The quantitative estimate of drug-likeness (QED) is 0.812. The molecule has 0 bridgehead atoms. The van der Waals surface area contributed by atoms with Gasteiger partial charge in [0.2, 0.25) is 0 Å². The Hall–Kier alpha value is -1.33. The Bertz CT molecular complexity index is 472. The second-order valence-electron chi connectivity index (χ2n) is 3.90. The van der Waals surface area contributed by atoms with E-state index < -0.39 is 6.43 Å². The van der Waals surface area contributed by atoms with Gasteiger partial charge in [-0.3, -0.25) is 0 Å². The molecule has 0 saturated heterocycles. The van der Waals surface area contributed by atoms with Crippen LogP contribution in [0.3, 0.4) is 0 Å². The van der Waals surface area contributed by atoms with Gasteiger partial charge in [0.15, 0.2) is 0 Å². The number of hydrogen-bond donors (Lipinski definition) is 1. The van der Waals surface area contributed by atoms with Crippen LogP contribution in [0.5, 0.6) is 0 Å². The number of nitrogens with zero attached hydrogens (tertiary/aromatic N) is 1. The Morgan fingerprint density at radius 2 is 2.22 bits per heavy atom. The van der Waals surface area contributed by atoms with Crippen molar-refractivity contribution in [3.63, 3.8) is 0 Å². The fourth-order valence-corrected chi connectivity index (χ4v) is 2.26. The molecule has 0 amide bonds. The zero-order valence-electron chi connectivity index (χ0n) is 9.77. The number of thiazole rings is 1. The van der Waals surface area contributed by atoms with E-state index in [1.807, 2.05) is 11.4 Å². The van der Waals surface area contributed by atoms with Crippen molar-refractivity contribution in [3.05, 3.63) is 52.0 Å². The third kappa shape index (κ3) is 3.85. The molecule has 2 rings (SSSR count). The topological polar surface area (TPSA) is 24.9 Å². The molecule has 0 spiro atoms. The maximum atomic E-state index is 12.5. The van der Waals surface area contributed by atoms with E-state index in [9.17, 15) is 8.78 Å². The van der Waals surface area contributed by atoms with Crippen LogP contribution < -0.4 is 5.32 Å². The highest BCUT2D eigenvalue weighted by Gasteiger charge is 2.06. The van der Waals surface area contributed by atoms with Gasteiger partial charge in [0.25, 0.3) is 6.43 Å². The average Bonchev–Trinajstić information content (AvgIpc) is 2.88. The van der Waals surface area contributed by atoms with Gasteiger partial charge in [-0.15, -0.1) is 11.3 Å². The fraction of sp³-hybridized carbons (Fsp3) is 0.308. The van der Waals surface area contributed by atoms with Crippen molar-refractivity contribution in [1.82, 2.24) is 10.3 Å². The van der Waals surface area contributed by atoms with E-state index in [1.165, 1.54) is 6.07 Å². The summed E-state index contributed by atoms with van der Waals surface area (Å²) in [7, 11) is 0. The Morgan fingerprint density at radius 3 is 2.94 bits per heavy atom. The molecule has 2 aromatic rings. The summed E-state index contributed by atoms with van der Waals surface area (Å²) in [5, 5.41) is 6.26. The van der Waals surface area contributed by atoms with Gasteiger partial charge < -0.3 is 5.32 Å². The lowest BCUT2D eigenvalue weighted by molar-refractivity contribution is 0.151. The van der Waals surface area contributed by atoms with Crippen LogP contribution in [0.2, 0.25) is 0 Å². The fourth-order valence-electron chi connectivity index (χ4n) is 1.64. The van der Waals surface area contributed by atoms with Crippen LogP contribution in [0.15, 0.2) is 35.8 Å². The van der Waals surface area contributed by atoms with Crippen LogP contribution in [-0.2, 0) is 13.0 Å². The van der Waals surface area contributed by atoms with Crippen LogP contribution in [-0.4, -0.2) is 11.5 Å². The lowest BCUT2D eigenvalue weighted by Crippen LogP contribution is -2.16. The van der Waals surface area contributed by atoms with E-state index in [2.05, 4.69) is 10.3 Å². The molecule has 0 fully saturated rings. The van der Waals surface area contributed by atoms with Crippen LogP contribution in [0.4, 0.5) is 8.78 Å². The van der Waals surface area contributed by atoms with Crippen LogP contribution >= 0.6 is 11.3 Å². The zero-order chi connectivity index (χ0) is 12.8. The summed E-state index contributed by atoms with van der Waals surface area (Å²) in [5.41, 5.74) is 0.959. The number of hydrogen-bond acceptors (Lipinski definition) is 3. The van der Waals surface area contributed by atoms with Gasteiger partial charge in [0, 0.05) is 36.7 Å². The summed E-state index contributed by atoms with van der Waals surface area (Å²) < 4.78 is 25.0. The number of aromatic nitrogens is 1. The number of halogens is 2. The minimum absolute atomic E-state index is 0.0780. The first kappa shape index (κ1) is 13.1. The van der Waals surface area contributed by atoms with E-state index in [1.54, 1.807) is 29.7 Å². The van der Waals surface area contributed by atoms with E-state index in [-0.39, 0.29) is 5.56 Å². The Morgan fingerprint density at radius 1 is 1.33 bits per heavy atom. The summed E-state index contributed by atoms with van der Waals surface area (Å²) in [6, 6.07) is 6.51. The number of benzene rings is 1. The normalized spacial score (nSPS) is 11.1. The first-order chi connectivity index (χ1) is 8.75. The lowest BCUT2D eigenvalue weighted by Gasteiger charge is -2.06. The maximum absolute atomic E-state index is 12.5. The second-order valence-corrected chi connectivity index (χ2v) is 4.88. The predicted octanol–water partition coefficient (Wildman–Crippen LogP) is 3.41. The number of nitrogens with one attached hydrogen (secondary N) is 1. The molecular formula is C13H14F2N2S. The van der Waals surface area contributed by atoms with Gasteiger partial charge in [-0.25, -0.2) is 13.8 Å². The monoisotopic (exact) mass is 268 g/mol. The molecule has 0 saturated carbocycles. The standard InChI is InChI=1S/C13H14F2N2S/c14-13(15)11-3-1-2-10(8-11)9-16-5-4-12-17-6-7-18-12/h1-3,6-8,13,16H,4-5,9H2. The van der Waals surface area contributed by atoms with E-state index in [0.717, 1.165) is 23.5 Å². The third-order valence-corrected chi connectivity index (χ3v) is 3.37. The summed E-state index contributed by atoms with van der Waals surface area (Å²) in [6.07, 6.45) is 0.249. The zero-order valence-corrected chi connectivity index (χ0v) is 10.6. The highest BCUT2D eigenvalue weighted by Crippen LogP contribution is 2.19. The average molecular weight is 268 g/mol. The molecule has 0 aliphatic rings. The van der Waals surface area contributed by atoms with Crippen molar-refractivity contribution in [2.24, 2.45) is 0 Å². The minimum Gasteiger partial charge on any atom is -0.312 e. The molecule has 1 aromatic heterocycles. The van der Waals surface area contributed by atoms with Crippen molar-refractivity contribution in [2.75, 3.05) is 6.54 Å². The van der Waals surface area contributed by atoms with Crippen molar-refractivity contribution < 1.29 is 8.78 Å². The summed E-state index contributed by atoms with van der Waals surface area (Å²) >= 11 is 1.63. The predicted molar refractivity (Wildman–Crippen MR) is 68.9 cm³/mol. The molecule has 0 unspecified atom stereocenters.